The Bertz CT molecular complexity index is 2010. The van der Waals surface area contributed by atoms with Crippen molar-refractivity contribution in [1.29, 1.82) is 0 Å². The summed E-state index contributed by atoms with van der Waals surface area (Å²) in [6.07, 6.45) is 5.69. The molecule has 0 spiro atoms. The van der Waals surface area contributed by atoms with Crippen LogP contribution in [0.15, 0.2) is 87.9 Å². The third-order valence-corrected chi connectivity index (χ3v) is 7.17. The lowest BCUT2D eigenvalue weighted by molar-refractivity contribution is 0.434. The summed E-state index contributed by atoms with van der Waals surface area (Å²) in [4.78, 5) is 13.3. The highest BCUT2D eigenvalue weighted by molar-refractivity contribution is 7.86. The van der Waals surface area contributed by atoms with E-state index in [-0.39, 0.29) is 45.8 Å². The fourth-order valence-electron chi connectivity index (χ4n) is 3.86. The average molecular weight is 636 g/mol. The molecule has 5 aromatic rings. The van der Waals surface area contributed by atoms with Gasteiger partial charge in [0.05, 0.1) is 22.1 Å². The van der Waals surface area contributed by atoms with Gasteiger partial charge in [-0.2, -0.15) is 33.2 Å². The van der Waals surface area contributed by atoms with Crippen molar-refractivity contribution in [3.05, 3.63) is 88.8 Å². The van der Waals surface area contributed by atoms with Crippen molar-refractivity contribution in [2.75, 3.05) is 10.2 Å². The molecule has 0 unspecified atom stereocenters. The van der Waals surface area contributed by atoms with Gasteiger partial charge in [0.15, 0.2) is 5.69 Å². The van der Waals surface area contributed by atoms with Gasteiger partial charge < -0.3 is 10.4 Å². The third-order valence-electron chi connectivity index (χ3n) is 5.78. The highest BCUT2D eigenvalue weighted by Crippen LogP contribution is 2.37. The van der Waals surface area contributed by atoms with Crippen LogP contribution in [-0.4, -0.2) is 42.8 Å². The van der Waals surface area contributed by atoms with E-state index < -0.39 is 15.0 Å². The number of rotatable bonds is 8. The van der Waals surface area contributed by atoms with Gasteiger partial charge in [-0.1, -0.05) is 48.4 Å². The number of hydrogen-bond acceptors (Lipinski definition) is 11. The number of halogens is 2. The molecule has 3 N–H and O–H groups in total. The zero-order valence-electron chi connectivity index (χ0n) is 22.0. The molecular weight excluding hydrogens is 617 g/mol. The molecule has 2 aromatic heterocycles. The molecule has 0 bridgehead atoms. The highest BCUT2D eigenvalue weighted by atomic mass is 35.5. The van der Waals surface area contributed by atoms with Crippen molar-refractivity contribution in [2.24, 2.45) is 10.2 Å². The average Bonchev–Trinajstić information content (AvgIpc) is 3.24. The lowest BCUT2D eigenvalue weighted by atomic mass is 10.3. The lowest BCUT2D eigenvalue weighted by Crippen LogP contribution is -2.14. The predicted molar refractivity (Wildman–Crippen MR) is 161 cm³/mol. The Balaban J connectivity index is 1.50. The zero-order chi connectivity index (χ0) is 30.7. The summed E-state index contributed by atoms with van der Waals surface area (Å²) in [5.74, 6) is -0.365. The van der Waals surface area contributed by atoms with Crippen molar-refractivity contribution in [1.82, 2.24) is 24.7 Å². The SMILES string of the molecule is C#CN(c1ccccc1)c1nc(Cl)nc(Nc2ccc(S(=O)(=O)O)c(/N=N/c3c(C)nn(-c4ccccc4Cl)c3O)c2)n1. The number of para-hydroxylation sites is 2. The fraction of sp³-hybridized carbons (Fsp3) is 0.0370. The van der Waals surface area contributed by atoms with Crippen LogP contribution in [0.5, 0.6) is 5.88 Å². The standard InChI is InChI=1S/C27H19Cl2N9O4S/c1-3-37(18-9-5-4-6-10-18)27-32-25(29)31-26(33-27)30-17-13-14-22(43(40,41)42)20(15-17)34-35-23-16(2)36-38(24(23)39)21-12-8-7-11-19(21)28/h1,4-15,39H,2H3,(H,40,41,42)(H,30,31,32,33)/b35-34+. The minimum Gasteiger partial charge on any atom is -0.492 e. The van der Waals surface area contributed by atoms with Crippen molar-refractivity contribution >= 4 is 68.0 Å². The number of azo groups is 1. The van der Waals surface area contributed by atoms with E-state index in [2.05, 4.69) is 41.6 Å². The molecular formula is C27H19Cl2N9O4S. The maximum atomic E-state index is 12.1. The monoisotopic (exact) mass is 635 g/mol. The van der Waals surface area contributed by atoms with Crippen LogP contribution in [0.25, 0.3) is 5.69 Å². The number of terminal acetylenes is 1. The predicted octanol–water partition coefficient (Wildman–Crippen LogP) is 6.51. The van der Waals surface area contributed by atoms with E-state index >= 15 is 0 Å². The minimum atomic E-state index is -4.72. The number of aryl methyl sites for hydroxylation is 1. The molecule has 16 heteroatoms. The van der Waals surface area contributed by atoms with E-state index in [4.69, 9.17) is 29.6 Å². The Kier molecular flexibility index (Phi) is 8.24. The van der Waals surface area contributed by atoms with E-state index in [1.54, 1.807) is 55.5 Å². The maximum absolute atomic E-state index is 12.1. The summed E-state index contributed by atoms with van der Waals surface area (Å²) in [5, 5.41) is 26.1. The van der Waals surface area contributed by atoms with Crippen molar-refractivity contribution in [3.8, 4) is 24.0 Å². The van der Waals surface area contributed by atoms with Gasteiger partial charge in [-0.05, 0) is 61.0 Å². The molecule has 5 rings (SSSR count). The van der Waals surface area contributed by atoms with Crippen LogP contribution in [0.2, 0.25) is 10.3 Å². The van der Waals surface area contributed by atoms with E-state index in [0.29, 0.717) is 16.4 Å². The lowest BCUT2D eigenvalue weighted by Gasteiger charge is -2.16. The molecule has 0 aliphatic rings. The zero-order valence-corrected chi connectivity index (χ0v) is 24.3. The number of nitrogens with one attached hydrogen (secondary N) is 1. The number of hydrogen-bond donors (Lipinski definition) is 3. The van der Waals surface area contributed by atoms with E-state index in [1.165, 1.54) is 21.7 Å². The van der Waals surface area contributed by atoms with Gasteiger partial charge in [-0.25, -0.2) is 4.90 Å². The molecule has 0 saturated carbocycles. The van der Waals surface area contributed by atoms with Gasteiger partial charge in [-0.3, -0.25) is 4.55 Å². The van der Waals surface area contributed by atoms with Crippen LogP contribution < -0.4 is 10.2 Å². The van der Waals surface area contributed by atoms with Crippen LogP contribution in [0.3, 0.4) is 0 Å². The van der Waals surface area contributed by atoms with Crippen LogP contribution in [0.4, 0.5) is 34.6 Å². The third kappa shape index (κ3) is 6.40. The molecule has 0 radical (unpaired) electrons. The quantitative estimate of drug-likeness (QED) is 0.0738. The number of aromatic nitrogens is 5. The summed E-state index contributed by atoms with van der Waals surface area (Å²) < 4.78 is 35.2. The first-order chi connectivity index (χ1) is 20.5. The van der Waals surface area contributed by atoms with E-state index in [1.807, 2.05) is 6.07 Å². The number of nitrogens with zero attached hydrogens (tertiary/aromatic N) is 8. The second-order valence-electron chi connectivity index (χ2n) is 8.63. The van der Waals surface area contributed by atoms with Gasteiger partial charge in [0.1, 0.15) is 10.6 Å². The molecule has 3 aromatic carbocycles. The van der Waals surface area contributed by atoms with Crippen molar-refractivity contribution in [3.63, 3.8) is 0 Å². The molecule has 0 amide bonds. The smallest absolute Gasteiger partial charge is 0.296 e. The van der Waals surface area contributed by atoms with Crippen LogP contribution >= 0.6 is 23.2 Å². The molecule has 2 heterocycles. The normalized spacial score (nSPS) is 11.4. The molecule has 0 fully saturated rings. The molecule has 0 aliphatic carbocycles. The van der Waals surface area contributed by atoms with E-state index in [9.17, 15) is 18.1 Å². The number of anilines is 4. The number of benzene rings is 3. The Labute approximate surface area is 255 Å². The first kappa shape index (κ1) is 29.4. The second-order valence-corrected chi connectivity index (χ2v) is 10.8. The van der Waals surface area contributed by atoms with Gasteiger partial charge in [0.25, 0.3) is 10.1 Å². The molecule has 0 saturated heterocycles. The molecule has 13 nitrogen and oxygen atoms in total. The van der Waals surface area contributed by atoms with Gasteiger partial charge in [0.2, 0.25) is 23.1 Å². The fourth-order valence-corrected chi connectivity index (χ4v) is 4.84. The summed E-state index contributed by atoms with van der Waals surface area (Å²) >= 11 is 12.4. The number of aromatic hydroxyl groups is 1. The largest absolute Gasteiger partial charge is 0.492 e. The Morgan fingerprint density at radius 3 is 2.42 bits per heavy atom. The van der Waals surface area contributed by atoms with E-state index in [0.717, 1.165) is 6.07 Å². The van der Waals surface area contributed by atoms with Gasteiger partial charge >= 0.3 is 0 Å². The van der Waals surface area contributed by atoms with Crippen LogP contribution in [0.1, 0.15) is 5.69 Å². The second kappa shape index (κ2) is 12.0. The topological polar surface area (TPSA) is 171 Å². The maximum Gasteiger partial charge on any atom is 0.296 e. The molecule has 43 heavy (non-hydrogen) atoms. The van der Waals surface area contributed by atoms with Crippen molar-refractivity contribution < 1.29 is 18.1 Å². The Morgan fingerprint density at radius 2 is 1.72 bits per heavy atom. The van der Waals surface area contributed by atoms with Crippen LogP contribution in [0, 0.1) is 19.4 Å². The van der Waals surface area contributed by atoms with Gasteiger partial charge in [0, 0.05) is 11.7 Å². The first-order valence-electron chi connectivity index (χ1n) is 12.1. The Hall–Kier alpha value is -5.07. The highest BCUT2D eigenvalue weighted by Gasteiger charge is 2.20. The minimum absolute atomic E-state index is 0.0248. The molecule has 0 atom stereocenters. The Morgan fingerprint density at radius 1 is 1.00 bits per heavy atom. The molecule has 216 valence electrons. The summed E-state index contributed by atoms with van der Waals surface area (Å²) in [6.45, 7) is 1.57. The summed E-state index contributed by atoms with van der Waals surface area (Å²) in [7, 11) is -4.72. The van der Waals surface area contributed by atoms with Crippen molar-refractivity contribution in [2.45, 2.75) is 11.8 Å². The molecule has 0 aliphatic heterocycles. The summed E-state index contributed by atoms with van der Waals surface area (Å²) in [6, 6.07) is 21.8. The van der Waals surface area contributed by atoms with Crippen LogP contribution in [-0.2, 0) is 10.1 Å². The van der Waals surface area contributed by atoms with Gasteiger partial charge in [-0.15, -0.1) is 10.2 Å². The first-order valence-corrected chi connectivity index (χ1v) is 14.3. The summed E-state index contributed by atoms with van der Waals surface area (Å²) in [5.41, 5.74) is 1.19.